The van der Waals surface area contributed by atoms with Gasteiger partial charge in [-0.25, -0.2) is 14.6 Å². The molecule has 1 aliphatic heterocycles. The summed E-state index contributed by atoms with van der Waals surface area (Å²) >= 11 is 1.52. The highest BCUT2D eigenvalue weighted by atomic mass is 32.2. The summed E-state index contributed by atoms with van der Waals surface area (Å²) in [6, 6.07) is 8.06. The minimum atomic E-state index is -1.78. The average Bonchev–Trinajstić information content (AvgIpc) is 3.29. The van der Waals surface area contributed by atoms with Gasteiger partial charge in [0.2, 0.25) is 0 Å². The Hall–Kier alpha value is -1.98. The zero-order valence-electron chi connectivity index (χ0n) is 24.5. The van der Waals surface area contributed by atoms with Crippen molar-refractivity contribution >= 4 is 31.0 Å². The smallest absolute Gasteiger partial charge is 0.192 e. The summed E-state index contributed by atoms with van der Waals surface area (Å²) in [5, 5.41) is 6.90. The molecule has 214 valence electrons. The number of rotatable bonds is 12. The van der Waals surface area contributed by atoms with Crippen molar-refractivity contribution in [2.24, 2.45) is 0 Å². The minimum absolute atomic E-state index is 0.0659. The van der Waals surface area contributed by atoms with Crippen LogP contribution in [0.3, 0.4) is 0 Å². The van der Waals surface area contributed by atoms with E-state index >= 15 is 0 Å². The van der Waals surface area contributed by atoms with Gasteiger partial charge in [0.25, 0.3) is 0 Å². The summed E-state index contributed by atoms with van der Waals surface area (Å²) in [4.78, 5) is 9.05. The second-order valence-electron chi connectivity index (χ2n) is 11.7. The number of hydrogen-bond acceptors (Lipinski definition) is 8. The molecule has 4 rings (SSSR count). The van der Waals surface area contributed by atoms with E-state index in [1.165, 1.54) is 11.8 Å². The fourth-order valence-corrected chi connectivity index (χ4v) is 6.20. The van der Waals surface area contributed by atoms with Gasteiger partial charge < -0.3 is 18.6 Å². The molecule has 10 heteroatoms. The van der Waals surface area contributed by atoms with Crippen LogP contribution in [-0.2, 0) is 13.9 Å². The number of fused-ring (bicyclic) bond motifs is 1. The lowest BCUT2D eigenvalue weighted by molar-refractivity contribution is -0.0365. The van der Waals surface area contributed by atoms with E-state index in [0.717, 1.165) is 65.5 Å². The Morgan fingerprint density at radius 1 is 1.18 bits per heavy atom. The van der Waals surface area contributed by atoms with Crippen LogP contribution in [0.15, 0.2) is 35.6 Å². The van der Waals surface area contributed by atoms with Crippen LogP contribution in [0.25, 0.3) is 22.3 Å². The van der Waals surface area contributed by atoms with Gasteiger partial charge in [-0.3, -0.25) is 0 Å². The van der Waals surface area contributed by atoms with Crippen LogP contribution in [0.4, 0.5) is 0 Å². The van der Waals surface area contributed by atoms with Crippen molar-refractivity contribution in [1.82, 2.24) is 19.7 Å². The number of hydrogen-bond donors (Lipinski definition) is 0. The van der Waals surface area contributed by atoms with Gasteiger partial charge in [-0.05, 0) is 74.8 Å². The van der Waals surface area contributed by atoms with Gasteiger partial charge in [0.1, 0.15) is 11.4 Å². The largest absolute Gasteiger partial charge is 0.493 e. The monoisotopic (exact) mass is 572 g/mol. The van der Waals surface area contributed by atoms with E-state index in [9.17, 15) is 0 Å². The molecule has 0 bridgehead atoms. The van der Waals surface area contributed by atoms with Crippen molar-refractivity contribution in [3.63, 3.8) is 0 Å². The zero-order chi connectivity index (χ0) is 28.0. The van der Waals surface area contributed by atoms with Crippen LogP contribution in [0.1, 0.15) is 59.6 Å². The van der Waals surface area contributed by atoms with E-state index in [0.29, 0.717) is 19.8 Å². The first-order chi connectivity index (χ1) is 18.6. The first kappa shape index (κ1) is 30.0. The van der Waals surface area contributed by atoms with Gasteiger partial charge in [-0.1, -0.05) is 32.5 Å². The molecule has 2 atom stereocenters. The Kier molecular flexibility index (Phi) is 10.1. The van der Waals surface area contributed by atoms with Gasteiger partial charge in [-0.15, -0.1) is 0 Å². The first-order valence-corrected chi connectivity index (χ1v) is 18.1. The molecule has 3 heterocycles. The van der Waals surface area contributed by atoms with Gasteiger partial charge in [0, 0.05) is 31.2 Å². The van der Waals surface area contributed by atoms with E-state index < -0.39 is 8.32 Å². The fraction of sp³-hybridized carbons (Fsp3) is 0.621. The predicted molar refractivity (Wildman–Crippen MR) is 160 cm³/mol. The van der Waals surface area contributed by atoms with Crippen LogP contribution in [0.2, 0.25) is 18.1 Å². The molecule has 1 saturated heterocycles. The molecule has 0 saturated carbocycles. The second-order valence-corrected chi connectivity index (χ2v) is 17.2. The number of aromatic nitrogens is 4. The lowest BCUT2D eigenvalue weighted by atomic mass is 10.1. The highest BCUT2D eigenvalue weighted by Gasteiger charge is 2.38. The highest BCUT2D eigenvalue weighted by Crippen LogP contribution is 2.37. The first-order valence-electron chi connectivity index (χ1n) is 14.0. The maximum Gasteiger partial charge on any atom is 0.192 e. The lowest BCUT2D eigenvalue weighted by Crippen LogP contribution is -2.44. The fourth-order valence-electron chi connectivity index (χ4n) is 4.42. The maximum absolute atomic E-state index is 6.38. The van der Waals surface area contributed by atoms with Crippen molar-refractivity contribution < 1.29 is 18.6 Å². The molecule has 1 fully saturated rings. The summed E-state index contributed by atoms with van der Waals surface area (Å²) in [6.45, 7) is 16.0. The van der Waals surface area contributed by atoms with Crippen LogP contribution < -0.4 is 4.74 Å². The van der Waals surface area contributed by atoms with Gasteiger partial charge in [0.15, 0.2) is 19.7 Å². The molecule has 0 amide bonds. The standard InChI is InChI=1S/C29H44N4O4SSi/c1-21(37-39(6,7)29(2,3)4)20-34-16-10-18-35-22-12-13-25-23(19-22)27(24-14-15-30-28(31-24)38-5)32-33(25)26-11-8-9-17-36-26/h12-15,19,21,26H,8-11,16-18,20H2,1-7H3. The number of benzene rings is 1. The molecule has 1 aliphatic rings. The molecule has 0 N–H and O–H groups in total. The van der Waals surface area contributed by atoms with Crippen molar-refractivity contribution in [2.75, 3.05) is 32.7 Å². The third kappa shape index (κ3) is 7.61. The van der Waals surface area contributed by atoms with E-state index in [2.05, 4.69) is 57.9 Å². The van der Waals surface area contributed by atoms with Gasteiger partial charge >= 0.3 is 0 Å². The molecule has 3 aromatic rings. The molecule has 1 aromatic carbocycles. The van der Waals surface area contributed by atoms with Crippen LogP contribution in [-0.4, -0.2) is 66.9 Å². The van der Waals surface area contributed by atoms with Crippen LogP contribution in [0.5, 0.6) is 5.75 Å². The van der Waals surface area contributed by atoms with Crippen molar-refractivity contribution in [3.05, 3.63) is 30.5 Å². The molecule has 39 heavy (non-hydrogen) atoms. The highest BCUT2D eigenvalue weighted by molar-refractivity contribution is 7.98. The maximum atomic E-state index is 6.38. The van der Waals surface area contributed by atoms with E-state index in [1.54, 1.807) is 6.20 Å². The SMILES string of the molecule is CSc1nccc(-c2nn(C3CCCCO3)c3ccc(OCCCOCC(C)O[Si](C)(C)C(C)(C)C)cc23)n1. The molecular formula is C29H44N4O4SSi. The molecular weight excluding hydrogens is 528 g/mol. The summed E-state index contributed by atoms with van der Waals surface area (Å²) in [7, 11) is -1.78. The normalized spacial score (nSPS) is 17.5. The Bertz CT molecular complexity index is 1220. The summed E-state index contributed by atoms with van der Waals surface area (Å²) in [5.74, 6) is 0.807. The number of ether oxygens (including phenoxy) is 3. The van der Waals surface area contributed by atoms with E-state index in [1.807, 2.05) is 23.1 Å². The average molecular weight is 573 g/mol. The Balaban J connectivity index is 1.39. The molecule has 8 nitrogen and oxygen atoms in total. The van der Waals surface area contributed by atoms with E-state index in [-0.39, 0.29) is 17.4 Å². The quantitative estimate of drug-likeness (QED) is 0.0983. The summed E-state index contributed by atoms with van der Waals surface area (Å²) < 4.78 is 26.5. The third-order valence-corrected chi connectivity index (χ3v) is 12.7. The third-order valence-electron chi connectivity index (χ3n) is 7.52. The summed E-state index contributed by atoms with van der Waals surface area (Å²) in [6.07, 6.45) is 7.77. The Morgan fingerprint density at radius 2 is 2.00 bits per heavy atom. The molecule has 2 aromatic heterocycles. The molecule has 0 aliphatic carbocycles. The predicted octanol–water partition coefficient (Wildman–Crippen LogP) is 7.11. The van der Waals surface area contributed by atoms with E-state index in [4.69, 9.17) is 28.7 Å². The molecule has 2 unspecified atom stereocenters. The Labute approximate surface area is 238 Å². The summed E-state index contributed by atoms with van der Waals surface area (Å²) in [5.41, 5.74) is 2.64. The van der Waals surface area contributed by atoms with Crippen LogP contribution >= 0.6 is 11.8 Å². The minimum Gasteiger partial charge on any atom is -0.493 e. The van der Waals surface area contributed by atoms with Gasteiger partial charge in [0.05, 0.1) is 30.5 Å². The Morgan fingerprint density at radius 3 is 2.72 bits per heavy atom. The van der Waals surface area contributed by atoms with Crippen LogP contribution in [0, 0.1) is 0 Å². The lowest BCUT2D eigenvalue weighted by Gasteiger charge is -2.38. The zero-order valence-corrected chi connectivity index (χ0v) is 26.3. The van der Waals surface area contributed by atoms with Crippen molar-refractivity contribution in [1.29, 1.82) is 0 Å². The molecule has 0 radical (unpaired) electrons. The molecule has 0 spiro atoms. The number of thioether (sulfide) groups is 1. The van der Waals surface area contributed by atoms with Crippen molar-refractivity contribution in [3.8, 4) is 17.1 Å². The second kappa shape index (κ2) is 13.1. The topological polar surface area (TPSA) is 80.5 Å². The number of nitrogens with zero attached hydrogens (tertiary/aromatic N) is 4. The van der Waals surface area contributed by atoms with Gasteiger partial charge in [-0.2, -0.15) is 5.10 Å². The van der Waals surface area contributed by atoms with Crippen molar-refractivity contribution in [2.45, 2.75) is 89.0 Å².